The van der Waals surface area contributed by atoms with E-state index in [1.165, 1.54) is 16.7 Å². The highest BCUT2D eigenvalue weighted by Crippen LogP contribution is 2.41. The molecular weight excluding hydrogens is 414 g/mol. The van der Waals surface area contributed by atoms with Gasteiger partial charge in [-0.1, -0.05) is 30.8 Å². The van der Waals surface area contributed by atoms with Gasteiger partial charge in [0.05, 0.1) is 11.4 Å². The van der Waals surface area contributed by atoms with E-state index in [9.17, 15) is 4.79 Å². The Morgan fingerprint density at radius 2 is 1.93 bits per heavy atom. The van der Waals surface area contributed by atoms with Crippen LogP contribution in [-0.2, 0) is 4.79 Å². The van der Waals surface area contributed by atoms with Crippen LogP contribution in [0.15, 0.2) is 58.8 Å². The van der Waals surface area contributed by atoms with Crippen LogP contribution < -0.4 is 4.90 Å². The number of para-hydroxylation sites is 1. The van der Waals surface area contributed by atoms with E-state index in [1.807, 2.05) is 40.9 Å². The van der Waals surface area contributed by atoms with Crippen molar-refractivity contribution in [1.29, 1.82) is 0 Å². The zero-order valence-corrected chi connectivity index (χ0v) is 18.4. The third-order valence-corrected chi connectivity index (χ3v) is 7.55. The summed E-state index contributed by atoms with van der Waals surface area (Å²) in [5.74, 6) is 1.34. The molecule has 2 aromatic heterocycles. The van der Waals surface area contributed by atoms with Crippen molar-refractivity contribution in [2.24, 2.45) is 0 Å². The van der Waals surface area contributed by atoms with Crippen LogP contribution in [0.4, 0.5) is 5.69 Å². The second kappa shape index (κ2) is 8.43. The van der Waals surface area contributed by atoms with Gasteiger partial charge in [-0.05, 0) is 43.5 Å². The van der Waals surface area contributed by atoms with Gasteiger partial charge < -0.3 is 4.90 Å². The first kappa shape index (κ1) is 19.6. The molecule has 0 spiro atoms. The number of thioether (sulfide) groups is 2. The summed E-state index contributed by atoms with van der Waals surface area (Å²) in [5.41, 5.74) is 2.04. The van der Waals surface area contributed by atoms with Gasteiger partial charge in [-0.15, -0.1) is 22.0 Å². The number of hydrogen-bond acceptors (Lipinski definition) is 6. The van der Waals surface area contributed by atoms with Crippen LogP contribution in [0.2, 0.25) is 0 Å². The molecule has 1 saturated carbocycles. The van der Waals surface area contributed by atoms with E-state index in [0.717, 1.165) is 48.0 Å². The van der Waals surface area contributed by atoms with E-state index in [4.69, 9.17) is 0 Å². The molecule has 8 heteroatoms. The lowest BCUT2D eigenvalue weighted by Gasteiger charge is -2.22. The standard InChI is InChI=1S/C22H23N5OS2/c1-15-10-13-26(18-4-2-3-5-19(18)30-15)20(28)14-29-22-25-24-21(27(22)17-6-7-17)16-8-11-23-12-9-16/h2-5,8-9,11-12,15,17H,6-7,10,13-14H2,1H3/t15-/m0/s1. The van der Waals surface area contributed by atoms with Gasteiger partial charge in [-0.25, -0.2) is 0 Å². The topological polar surface area (TPSA) is 63.9 Å². The van der Waals surface area contributed by atoms with Crippen LogP contribution in [0.25, 0.3) is 11.4 Å². The zero-order valence-electron chi connectivity index (χ0n) is 16.8. The molecule has 0 N–H and O–H groups in total. The van der Waals surface area contributed by atoms with Crippen LogP contribution in [-0.4, -0.2) is 43.2 Å². The maximum Gasteiger partial charge on any atom is 0.237 e. The van der Waals surface area contributed by atoms with E-state index in [-0.39, 0.29) is 5.91 Å². The number of nitrogens with zero attached hydrogens (tertiary/aromatic N) is 5. The number of pyridine rings is 1. The number of aromatic nitrogens is 4. The molecule has 1 atom stereocenters. The molecule has 1 aromatic carbocycles. The van der Waals surface area contributed by atoms with E-state index in [1.54, 1.807) is 12.4 Å². The smallest absolute Gasteiger partial charge is 0.237 e. The van der Waals surface area contributed by atoms with Gasteiger partial charge in [0.15, 0.2) is 11.0 Å². The molecule has 5 rings (SSSR count). The van der Waals surface area contributed by atoms with Crippen LogP contribution in [0.1, 0.15) is 32.2 Å². The Balaban J connectivity index is 1.36. The van der Waals surface area contributed by atoms with Gasteiger partial charge in [-0.3, -0.25) is 14.3 Å². The number of benzene rings is 1. The molecule has 0 bridgehead atoms. The van der Waals surface area contributed by atoms with Crippen molar-refractivity contribution in [3.05, 3.63) is 48.8 Å². The lowest BCUT2D eigenvalue weighted by molar-refractivity contribution is -0.116. The first-order valence-electron chi connectivity index (χ1n) is 10.2. The van der Waals surface area contributed by atoms with Crippen molar-refractivity contribution in [2.75, 3.05) is 17.2 Å². The van der Waals surface area contributed by atoms with Crippen LogP contribution in [0.3, 0.4) is 0 Å². The molecule has 1 aliphatic carbocycles. The minimum absolute atomic E-state index is 0.123. The van der Waals surface area contributed by atoms with Crippen LogP contribution in [0.5, 0.6) is 0 Å². The molecule has 0 saturated heterocycles. The summed E-state index contributed by atoms with van der Waals surface area (Å²) in [7, 11) is 0. The fourth-order valence-corrected chi connectivity index (χ4v) is 5.68. The van der Waals surface area contributed by atoms with Crippen molar-refractivity contribution >= 4 is 35.1 Å². The molecule has 1 fully saturated rings. The highest BCUT2D eigenvalue weighted by Gasteiger charge is 2.31. The Morgan fingerprint density at radius 3 is 2.73 bits per heavy atom. The van der Waals surface area contributed by atoms with Gasteiger partial charge >= 0.3 is 0 Å². The Hall–Kier alpha value is -2.32. The predicted octanol–water partition coefficient (Wildman–Crippen LogP) is 4.68. The van der Waals surface area contributed by atoms with Crippen LogP contribution in [0, 0.1) is 0 Å². The summed E-state index contributed by atoms with van der Waals surface area (Å²) in [5, 5.41) is 10.2. The third kappa shape index (κ3) is 3.98. The minimum atomic E-state index is 0.123. The maximum absolute atomic E-state index is 13.2. The lowest BCUT2D eigenvalue weighted by Crippen LogP contribution is -2.33. The second-order valence-electron chi connectivity index (χ2n) is 7.66. The predicted molar refractivity (Wildman–Crippen MR) is 121 cm³/mol. The number of fused-ring (bicyclic) bond motifs is 1. The summed E-state index contributed by atoms with van der Waals surface area (Å²) in [6, 6.07) is 12.5. The number of rotatable bonds is 5. The molecule has 3 aromatic rings. The van der Waals surface area contributed by atoms with Crippen LogP contribution >= 0.6 is 23.5 Å². The largest absolute Gasteiger partial charge is 0.311 e. The Kier molecular flexibility index (Phi) is 5.52. The molecule has 154 valence electrons. The molecule has 3 heterocycles. The fourth-order valence-electron chi connectivity index (χ4n) is 3.69. The Morgan fingerprint density at radius 1 is 1.13 bits per heavy atom. The first-order chi connectivity index (χ1) is 14.7. The molecule has 6 nitrogen and oxygen atoms in total. The van der Waals surface area contributed by atoms with Gasteiger partial charge in [-0.2, -0.15) is 0 Å². The summed E-state index contributed by atoms with van der Waals surface area (Å²) in [6.07, 6.45) is 6.79. The summed E-state index contributed by atoms with van der Waals surface area (Å²) >= 11 is 3.34. The van der Waals surface area contributed by atoms with Crippen molar-refractivity contribution < 1.29 is 4.79 Å². The average molecular weight is 438 g/mol. The van der Waals surface area contributed by atoms with Gasteiger partial charge in [0.25, 0.3) is 0 Å². The molecule has 2 aliphatic rings. The molecular formula is C22H23N5OS2. The van der Waals surface area contributed by atoms with E-state index in [2.05, 4.69) is 38.8 Å². The summed E-state index contributed by atoms with van der Waals surface area (Å²) < 4.78 is 2.20. The third-order valence-electron chi connectivity index (χ3n) is 5.38. The van der Waals surface area contributed by atoms with Gasteiger partial charge in [0, 0.05) is 40.7 Å². The van der Waals surface area contributed by atoms with Crippen molar-refractivity contribution in [1.82, 2.24) is 19.7 Å². The summed E-state index contributed by atoms with van der Waals surface area (Å²) in [6.45, 7) is 2.98. The Labute approximate surface area is 184 Å². The lowest BCUT2D eigenvalue weighted by atomic mass is 10.2. The quantitative estimate of drug-likeness (QED) is 0.540. The van der Waals surface area contributed by atoms with E-state index in [0.29, 0.717) is 17.0 Å². The summed E-state index contributed by atoms with van der Waals surface area (Å²) in [4.78, 5) is 20.4. The van der Waals surface area contributed by atoms with E-state index >= 15 is 0 Å². The number of carbonyl (C=O) groups is 1. The molecule has 0 unspecified atom stereocenters. The maximum atomic E-state index is 13.2. The average Bonchev–Trinajstić information content (AvgIpc) is 3.55. The van der Waals surface area contributed by atoms with E-state index < -0.39 is 0 Å². The minimum Gasteiger partial charge on any atom is -0.311 e. The van der Waals surface area contributed by atoms with Crippen molar-refractivity contribution in [2.45, 2.75) is 47.5 Å². The van der Waals surface area contributed by atoms with Gasteiger partial charge in [0.1, 0.15) is 0 Å². The number of hydrogen-bond donors (Lipinski definition) is 0. The monoisotopic (exact) mass is 437 g/mol. The highest BCUT2D eigenvalue weighted by atomic mass is 32.2. The second-order valence-corrected chi connectivity index (χ2v) is 10.1. The van der Waals surface area contributed by atoms with Gasteiger partial charge in [0.2, 0.25) is 5.91 Å². The first-order valence-corrected chi connectivity index (χ1v) is 12.1. The normalized spacial score (nSPS) is 18.7. The number of anilines is 1. The number of amides is 1. The molecule has 0 radical (unpaired) electrons. The fraction of sp³-hybridized carbons (Fsp3) is 0.364. The van der Waals surface area contributed by atoms with Crippen molar-refractivity contribution in [3.63, 3.8) is 0 Å². The van der Waals surface area contributed by atoms with Crippen molar-refractivity contribution in [3.8, 4) is 11.4 Å². The molecule has 1 aliphatic heterocycles. The highest BCUT2D eigenvalue weighted by molar-refractivity contribution is 8.00. The molecule has 1 amide bonds. The Bertz CT molecular complexity index is 1050. The zero-order chi connectivity index (χ0) is 20.5. The number of carbonyl (C=O) groups excluding carboxylic acids is 1. The SMILES string of the molecule is C[C@H]1CCN(C(=O)CSc2nnc(-c3ccncc3)n2C2CC2)c2ccccc2S1. The molecule has 30 heavy (non-hydrogen) atoms.